The highest BCUT2D eigenvalue weighted by Gasteiger charge is 2.37. The Morgan fingerprint density at radius 1 is 1.25 bits per heavy atom. The molecule has 0 spiro atoms. The first-order chi connectivity index (χ1) is 17.2. The summed E-state index contributed by atoms with van der Waals surface area (Å²) in [6.45, 7) is 4.40. The third-order valence-corrected chi connectivity index (χ3v) is 6.01. The lowest BCUT2D eigenvalue weighted by atomic mass is 10.00. The molecule has 1 aliphatic rings. The average Bonchev–Trinajstić information content (AvgIpc) is 3.60. The molecule has 190 valence electrons. The molecule has 4 rings (SSSR count). The largest absolute Gasteiger partial charge is 0.497 e. The average molecular weight is 494 g/mol. The van der Waals surface area contributed by atoms with Gasteiger partial charge >= 0.3 is 5.97 Å². The van der Waals surface area contributed by atoms with Crippen molar-refractivity contribution in [1.29, 1.82) is 5.41 Å². The van der Waals surface area contributed by atoms with Gasteiger partial charge in [0.15, 0.2) is 5.76 Å². The first-order valence-corrected chi connectivity index (χ1v) is 11.7. The monoisotopic (exact) mass is 493 g/mol. The van der Waals surface area contributed by atoms with E-state index in [4.69, 9.17) is 19.4 Å². The van der Waals surface area contributed by atoms with Crippen molar-refractivity contribution in [1.82, 2.24) is 10.1 Å². The van der Waals surface area contributed by atoms with Crippen LogP contribution in [0.5, 0.6) is 11.5 Å². The van der Waals surface area contributed by atoms with Crippen molar-refractivity contribution in [2.45, 2.75) is 45.2 Å². The minimum absolute atomic E-state index is 0.000819. The first kappa shape index (κ1) is 25.0. The summed E-state index contributed by atoms with van der Waals surface area (Å²) in [4.78, 5) is 18.6. The minimum Gasteiger partial charge on any atom is -0.497 e. The fourth-order valence-corrected chi connectivity index (χ4v) is 4.15. The van der Waals surface area contributed by atoms with E-state index in [-0.39, 0.29) is 28.9 Å². The number of carboxylic acid groups (broad SMARTS) is 1. The van der Waals surface area contributed by atoms with E-state index in [1.165, 1.54) is 0 Å². The molecular formula is C26H31N5O5. The van der Waals surface area contributed by atoms with E-state index >= 15 is 0 Å². The highest BCUT2D eigenvalue weighted by Crippen LogP contribution is 2.43. The van der Waals surface area contributed by atoms with Crippen LogP contribution in [0.4, 0.5) is 11.5 Å². The Kier molecular flexibility index (Phi) is 7.14. The Morgan fingerprint density at radius 3 is 2.61 bits per heavy atom. The van der Waals surface area contributed by atoms with Crippen molar-refractivity contribution < 1.29 is 23.9 Å². The van der Waals surface area contributed by atoms with Crippen LogP contribution >= 0.6 is 0 Å². The van der Waals surface area contributed by atoms with E-state index < -0.39 is 5.97 Å². The summed E-state index contributed by atoms with van der Waals surface area (Å²) in [6.07, 6.45) is 3.37. The van der Waals surface area contributed by atoms with Gasteiger partial charge in [-0.25, -0.2) is 9.78 Å². The quantitative estimate of drug-likeness (QED) is 0.329. The van der Waals surface area contributed by atoms with Crippen LogP contribution in [0, 0.1) is 5.41 Å². The van der Waals surface area contributed by atoms with Crippen LogP contribution in [-0.4, -0.2) is 54.2 Å². The normalized spacial score (nSPS) is 12.9. The van der Waals surface area contributed by atoms with Gasteiger partial charge in [0, 0.05) is 49.1 Å². The van der Waals surface area contributed by atoms with Gasteiger partial charge in [0.25, 0.3) is 0 Å². The Morgan fingerprint density at radius 2 is 2.00 bits per heavy atom. The summed E-state index contributed by atoms with van der Waals surface area (Å²) in [5, 5.41) is 26.4. The highest BCUT2D eigenvalue weighted by atomic mass is 16.5. The minimum atomic E-state index is -1.15. The number of ether oxygens (including phenoxy) is 2. The molecule has 0 unspecified atom stereocenters. The molecule has 10 heteroatoms. The van der Waals surface area contributed by atoms with Gasteiger partial charge in [-0.05, 0) is 44.9 Å². The number of aromatic nitrogens is 2. The molecule has 36 heavy (non-hydrogen) atoms. The van der Waals surface area contributed by atoms with Gasteiger partial charge in [-0.1, -0.05) is 5.16 Å². The third-order valence-electron chi connectivity index (χ3n) is 6.01. The number of pyridine rings is 1. The molecule has 10 nitrogen and oxygen atoms in total. The lowest BCUT2D eigenvalue weighted by Gasteiger charge is -2.25. The third kappa shape index (κ3) is 4.98. The van der Waals surface area contributed by atoms with E-state index in [1.54, 1.807) is 26.5 Å². The van der Waals surface area contributed by atoms with E-state index in [2.05, 4.69) is 15.5 Å². The second kappa shape index (κ2) is 10.3. The molecule has 1 saturated carbocycles. The molecule has 0 amide bonds. The van der Waals surface area contributed by atoms with Crippen LogP contribution in [0.15, 0.2) is 35.0 Å². The summed E-state index contributed by atoms with van der Waals surface area (Å²) in [5.74, 6) is 1.06. The van der Waals surface area contributed by atoms with Crippen LogP contribution in [-0.2, 0) is 6.54 Å². The number of hydrogen-bond donors (Lipinski definition) is 3. The Labute approximate surface area is 209 Å². The van der Waals surface area contributed by atoms with Gasteiger partial charge in [-0.2, -0.15) is 0 Å². The maximum Gasteiger partial charge on any atom is 0.341 e. The number of methoxy groups -OCH3 is 2. The van der Waals surface area contributed by atoms with Crippen molar-refractivity contribution >= 4 is 23.2 Å². The first-order valence-electron chi connectivity index (χ1n) is 11.7. The number of aromatic carboxylic acids is 1. The molecular weight excluding hydrogens is 462 g/mol. The summed E-state index contributed by atoms with van der Waals surface area (Å²) in [5.41, 5.74) is 1.88. The standard InChI is InChI=1S/C26H31N5O5/c1-14(2)29-18-10-11-28-25(31(3)13-16-8-9-17(34-4)12-19(16)35-5)20(18)22(27)23-21(26(32)33)24(36-30-23)15-6-7-15/h8-12,14-15,27H,6-7,13H2,1-5H3,(H,28,29)(H,32,33). The zero-order chi connectivity index (χ0) is 26.0. The van der Waals surface area contributed by atoms with E-state index in [0.717, 1.165) is 18.4 Å². The zero-order valence-electron chi connectivity index (χ0n) is 21.1. The number of hydrogen-bond acceptors (Lipinski definition) is 9. The van der Waals surface area contributed by atoms with Gasteiger partial charge in [0.2, 0.25) is 0 Å². The van der Waals surface area contributed by atoms with Crippen molar-refractivity contribution in [3.63, 3.8) is 0 Å². The number of benzene rings is 1. The van der Waals surface area contributed by atoms with Crippen molar-refractivity contribution in [3.05, 3.63) is 58.6 Å². The van der Waals surface area contributed by atoms with E-state index in [1.807, 2.05) is 44.0 Å². The summed E-state index contributed by atoms with van der Waals surface area (Å²) in [6, 6.07) is 7.42. The molecule has 0 saturated heterocycles. The zero-order valence-corrected chi connectivity index (χ0v) is 21.1. The molecule has 0 radical (unpaired) electrons. The number of anilines is 2. The number of nitrogens with zero attached hydrogens (tertiary/aromatic N) is 3. The molecule has 0 aliphatic heterocycles. The van der Waals surface area contributed by atoms with Gasteiger partial charge in [-0.15, -0.1) is 0 Å². The highest BCUT2D eigenvalue weighted by molar-refractivity contribution is 6.19. The van der Waals surface area contributed by atoms with Crippen LogP contribution in [0.3, 0.4) is 0 Å². The predicted molar refractivity (Wildman–Crippen MR) is 136 cm³/mol. The molecule has 3 N–H and O–H groups in total. The summed E-state index contributed by atoms with van der Waals surface area (Å²) < 4.78 is 16.3. The summed E-state index contributed by atoms with van der Waals surface area (Å²) >= 11 is 0. The maximum atomic E-state index is 12.2. The van der Waals surface area contributed by atoms with E-state index in [9.17, 15) is 9.90 Å². The molecule has 1 aromatic carbocycles. The number of nitrogens with one attached hydrogen (secondary N) is 2. The maximum absolute atomic E-state index is 12.2. The van der Waals surface area contributed by atoms with Crippen molar-refractivity contribution in [2.24, 2.45) is 0 Å². The number of rotatable bonds is 11. The van der Waals surface area contributed by atoms with E-state index in [0.29, 0.717) is 40.9 Å². The van der Waals surface area contributed by atoms with Crippen LogP contribution < -0.4 is 19.7 Å². The van der Waals surface area contributed by atoms with Gasteiger partial charge in [-0.3, -0.25) is 5.41 Å². The predicted octanol–water partition coefficient (Wildman–Crippen LogP) is 4.54. The molecule has 2 heterocycles. The Hall–Kier alpha value is -4.08. The molecule has 1 fully saturated rings. The molecule has 0 bridgehead atoms. The molecule has 1 aliphatic carbocycles. The van der Waals surface area contributed by atoms with Crippen LogP contribution in [0.2, 0.25) is 0 Å². The summed E-state index contributed by atoms with van der Waals surface area (Å²) in [7, 11) is 5.05. The second-order valence-electron chi connectivity index (χ2n) is 9.11. The number of carboxylic acids is 1. The molecule has 0 atom stereocenters. The lowest BCUT2D eigenvalue weighted by molar-refractivity contribution is 0.0694. The van der Waals surface area contributed by atoms with Gasteiger partial charge < -0.3 is 29.3 Å². The SMILES string of the molecule is COc1ccc(CN(C)c2nccc(NC(C)C)c2C(=N)c2noc(C3CC3)c2C(=O)O)c(OC)c1. The lowest BCUT2D eigenvalue weighted by Crippen LogP contribution is -2.24. The topological polar surface area (TPSA) is 134 Å². The fraction of sp³-hybridized carbons (Fsp3) is 0.385. The molecule has 2 aromatic heterocycles. The number of carbonyl (C=O) groups is 1. The Balaban J connectivity index is 1.78. The smallest absolute Gasteiger partial charge is 0.341 e. The van der Waals surface area contributed by atoms with Crippen LogP contribution in [0.25, 0.3) is 0 Å². The van der Waals surface area contributed by atoms with Crippen molar-refractivity contribution in [3.8, 4) is 11.5 Å². The van der Waals surface area contributed by atoms with Crippen LogP contribution in [0.1, 0.15) is 65.5 Å². The fourth-order valence-electron chi connectivity index (χ4n) is 4.15. The van der Waals surface area contributed by atoms with Crippen molar-refractivity contribution in [2.75, 3.05) is 31.5 Å². The molecule has 3 aromatic rings. The Bertz CT molecular complexity index is 1280. The van der Waals surface area contributed by atoms with Gasteiger partial charge in [0.1, 0.15) is 28.6 Å². The van der Waals surface area contributed by atoms with Gasteiger partial charge in [0.05, 0.1) is 25.5 Å². The second-order valence-corrected chi connectivity index (χ2v) is 9.11.